The smallest absolute Gasteiger partial charge is 0.247 e. The van der Waals surface area contributed by atoms with Crippen LogP contribution in [-0.4, -0.2) is 45.1 Å². The molecule has 1 aliphatic heterocycles. The Kier molecular flexibility index (Phi) is 5.84. The fourth-order valence-electron chi connectivity index (χ4n) is 2.19. The molecule has 0 aliphatic carbocycles. The average Bonchev–Trinajstić information content (AvgIpc) is 2.81. The molecule has 0 aromatic carbocycles. The van der Waals surface area contributed by atoms with Crippen LogP contribution in [0.2, 0.25) is 0 Å². The van der Waals surface area contributed by atoms with E-state index in [0.717, 1.165) is 13.0 Å². The highest BCUT2D eigenvalue weighted by molar-refractivity contribution is 9.10. The Morgan fingerprint density at radius 3 is 2.95 bits per heavy atom. The molecule has 0 amide bonds. The zero-order valence-corrected chi connectivity index (χ0v) is 14.7. The molecule has 1 aromatic heterocycles. The molecule has 1 atom stereocenters. The van der Waals surface area contributed by atoms with Crippen LogP contribution in [0.15, 0.2) is 20.0 Å². The molecule has 1 N–H and O–H groups in total. The molecule has 1 aromatic rings. The maximum absolute atomic E-state index is 12.7. The van der Waals surface area contributed by atoms with Gasteiger partial charge in [-0.05, 0) is 35.8 Å². The number of sulfonamides is 1. The van der Waals surface area contributed by atoms with Crippen molar-refractivity contribution in [3.63, 3.8) is 0 Å². The molecular formula is C13H21BrN2O4S. The van der Waals surface area contributed by atoms with E-state index in [2.05, 4.69) is 28.2 Å². The summed E-state index contributed by atoms with van der Waals surface area (Å²) in [6.07, 6.45) is 0.920. The predicted molar refractivity (Wildman–Crippen MR) is 82.6 cm³/mol. The molecule has 0 bridgehead atoms. The van der Waals surface area contributed by atoms with Crippen LogP contribution in [-0.2, 0) is 21.3 Å². The first-order valence-electron chi connectivity index (χ1n) is 7.05. The molecule has 8 heteroatoms. The minimum atomic E-state index is -3.55. The van der Waals surface area contributed by atoms with Crippen LogP contribution in [0.4, 0.5) is 0 Å². The fourth-order valence-corrected chi connectivity index (χ4v) is 4.65. The summed E-state index contributed by atoms with van der Waals surface area (Å²) in [6, 6.07) is 1.59. The van der Waals surface area contributed by atoms with Gasteiger partial charge in [0.2, 0.25) is 10.0 Å². The Morgan fingerprint density at radius 2 is 2.29 bits per heavy atom. The van der Waals surface area contributed by atoms with Gasteiger partial charge in [0.05, 0.1) is 19.3 Å². The second-order valence-electron chi connectivity index (χ2n) is 5.07. The first-order valence-corrected chi connectivity index (χ1v) is 9.29. The van der Waals surface area contributed by atoms with E-state index in [9.17, 15) is 8.42 Å². The third kappa shape index (κ3) is 4.07. The highest BCUT2D eigenvalue weighted by Crippen LogP contribution is 2.29. The second kappa shape index (κ2) is 7.23. The van der Waals surface area contributed by atoms with E-state index < -0.39 is 10.0 Å². The fraction of sp³-hybridized carbons (Fsp3) is 0.692. The third-order valence-electron chi connectivity index (χ3n) is 3.25. The summed E-state index contributed by atoms with van der Waals surface area (Å²) in [4.78, 5) is 0.185. The van der Waals surface area contributed by atoms with Crippen molar-refractivity contribution >= 4 is 26.0 Å². The summed E-state index contributed by atoms with van der Waals surface area (Å²) in [6.45, 7) is 6.47. The van der Waals surface area contributed by atoms with Crippen molar-refractivity contribution in [1.29, 1.82) is 0 Å². The quantitative estimate of drug-likeness (QED) is 0.763. The normalized spacial score (nSPS) is 20.8. The molecule has 0 radical (unpaired) electrons. The van der Waals surface area contributed by atoms with Crippen LogP contribution < -0.4 is 5.32 Å². The van der Waals surface area contributed by atoms with E-state index in [1.165, 1.54) is 4.31 Å². The molecule has 1 fully saturated rings. The van der Waals surface area contributed by atoms with Crippen LogP contribution in [0.1, 0.15) is 26.0 Å². The lowest BCUT2D eigenvalue weighted by Crippen LogP contribution is -2.44. The lowest BCUT2D eigenvalue weighted by Gasteiger charge is -2.29. The standard InChI is InChI=1S/C13H21BrN2O4S/c1-3-4-15-8-11-7-12(13(14)20-11)21(17,18)16-5-6-19-10(2)9-16/h7,10,15H,3-6,8-9H2,1-2H3. The van der Waals surface area contributed by atoms with Crippen molar-refractivity contribution in [3.8, 4) is 0 Å². The van der Waals surface area contributed by atoms with Crippen molar-refractivity contribution in [2.45, 2.75) is 37.8 Å². The molecule has 1 unspecified atom stereocenters. The number of nitrogens with zero attached hydrogens (tertiary/aromatic N) is 1. The van der Waals surface area contributed by atoms with Crippen molar-refractivity contribution in [2.24, 2.45) is 0 Å². The number of rotatable bonds is 6. The van der Waals surface area contributed by atoms with E-state index in [4.69, 9.17) is 9.15 Å². The lowest BCUT2D eigenvalue weighted by atomic mass is 10.3. The van der Waals surface area contributed by atoms with Gasteiger partial charge in [-0.15, -0.1) is 0 Å². The molecule has 21 heavy (non-hydrogen) atoms. The highest BCUT2D eigenvalue weighted by Gasteiger charge is 2.32. The highest BCUT2D eigenvalue weighted by atomic mass is 79.9. The number of furan rings is 1. The van der Waals surface area contributed by atoms with Crippen molar-refractivity contribution in [1.82, 2.24) is 9.62 Å². The molecule has 1 saturated heterocycles. The maximum Gasteiger partial charge on any atom is 0.247 e. The van der Waals surface area contributed by atoms with Crippen LogP contribution in [0.3, 0.4) is 0 Å². The Hall–Kier alpha value is -0.410. The summed E-state index contributed by atoms with van der Waals surface area (Å²) >= 11 is 3.21. The molecule has 1 aliphatic rings. The number of morpholine rings is 1. The van der Waals surface area contributed by atoms with E-state index in [1.807, 2.05) is 6.92 Å². The SMILES string of the molecule is CCCNCc1cc(S(=O)(=O)N2CCOC(C)C2)c(Br)o1. The van der Waals surface area contributed by atoms with Crippen molar-refractivity contribution < 1.29 is 17.6 Å². The first-order chi connectivity index (χ1) is 9.95. The van der Waals surface area contributed by atoms with Crippen LogP contribution >= 0.6 is 15.9 Å². The summed E-state index contributed by atoms with van der Waals surface area (Å²) in [5.41, 5.74) is 0. The molecule has 6 nitrogen and oxygen atoms in total. The van der Waals surface area contributed by atoms with E-state index in [1.54, 1.807) is 6.07 Å². The third-order valence-corrected chi connectivity index (χ3v) is 5.98. The van der Waals surface area contributed by atoms with Crippen LogP contribution in [0.5, 0.6) is 0 Å². The summed E-state index contributed by atoms with van der Waals surface area (Å²) in [5.74, 6) is 0.607. The van der Waals surface area contributed by atoms with Gasteiger partial charge < -0.3 is 14.5 Å². The van der Waals surface area contributed by atoms with Gasteiger partial charge in [-0.1, -0.05) is 6.92 Å². The molecular weight excluding hydrogens is 360 g/mol. The Balaban J connectivity index is 2.15. The number of halogens is 1. The van der Waals surface area contributed by atoms with Gasteiger partial charge in [0, 0.05) is 19.2 Å². The molecule has 0 spiro atoms. The largest absolute Gasteiger partial charge is 0.452 e. The van der Waals surface area contributed by atoms with Crippen molar-refractivity contribution in [2.75, 3.05) is 26.2 Å². The van der Waals surface area contributed by atoms with Gasteiger partial charge in [-0.3, -0.25) is 0 Å². The van der Waals surface area contributed by atoms with Gasteiger partial charge in [0.1, 0.15) is 10.7 Å². The Bertz CT molecular complexity index is 573. The number of ether oxygens (including phenoxy) is 1. The van der Waals surface area contributed by atoms with Gasteiger partial charge in [-0.25, -0.2) is 8.42 Å². The van der Waals surface area contributed by atoms with Crippen LogP contribution in [0.25, 0.3) is 0 Å². The zero-order valence-electron chi connectivity index (χ0n) is 12.3. The van der Waals surface area contributed by atoms with Gasteiger partial charge >= 0.3 is 0 Å². The Morgan fingerprint density at radius 1 is 1.52 bits per heavy atom. The van der Waals surface area contributed by atoms with Gasteiger partial charge in [0.15, 0.2) is 4.67 Å². The number of nitrogens with one attached hydrogen (secondary N) is 1. The monoisotopic (exact) mass is 380 g/mol. The molecule has 2 rings (SSSR count). The summed E-state index contributed by atoms with van der Waals surface area (Å²) < 4.78 is 37.9. The average molecular weight is 381 g/mol. The topological polar surface area (TPSA) is 71.8 Å². The minimum absolute atomic E-state index is 0.0927. The first kappa shape index (κ1) is 17.0. The molecule has 0 saturated carbocycles. The summed E-state index contributed by atoms with van der Waals surface area (Å²) in [5, 5.41) is 3.19. The number of hydrogen-bond donors (Lipinski definition) is 1. The second-order valence-corrected chi connectivity index (χ2v) is 7.70. The Labute approximate surface area is 134 Å². The molecule has 2 heterocycles. The maximum atomic E-state index is 12.7. The van der Waals surface area contributed by atoms with E-state index >= 15 is 0 Å². The van der Waals surface area contributed by atoms with E-state index in [0.29, 0.717) is 32.0 Å². The van der Waals surface area contributed by atoms with Gasteiger partial charge in [0.25, 0.3) is 0 Å². The summed E-state index contributed by atoms with van der Waals surface area (Å²) in [7, 11) is -3.55. The van der Waals surface area contributed by atoms with E-state index in [-0.39, 0.29) is 15.7 Å². The predicted octanol–water partition coefficient (Wildman–Crippen LogP) is 1.95. The van der Waals surface area contributed by atoms with Crippen molar-refractivity contribution in [3.05, 3.63) is 16.5 Å². The van der Waals surface area contributed by atoms with Gasteiger partial charge in [-0.2, -0.15) is 4.31 Å². The lowest BCUT2D eigenvalue weighted by molar-refractivity contribution is 0.0101. The number of hydrogen-bond acceptors (Lipinski definition) is 5. The van der Waals surface area contributed by atoms with Crippen LogP contribution in [0, 0.1) is 0 Å². The zero-order chi connectivity index (χ0) is 15.5. The minimum Gasteiger partial charge on any atom is -0.452 e. The molecule has 120 valence electrons.